The number of sulfonamides is 1. The Balaban J connectivity index is 1.95. The van der Waals surface area contributed by atoms with Crippen molar-refractivity contribution in [2.75, 3.05) is 6.61 Å². The molecule has 0 aromatic heterocycles. The predicted molar refractivity (Wildman–Crippen MR) is 114 cm³/mol. The molecule has 2 aromatic carbocycles. The Labute approximate surface area is 168 Å². The van der Waals surface area contributed by atoms with E-state index in [1.807, 2.05) is 31.2 Å². The van der Waals surface area contributed by atoms with Crippen molar-refractivity contribution in [3.8, 4) is 5.75 Å². The molecule has 5 nitrogen and oxygen atoms in total. The number of piperidine rings is 1. The normalized spacial score (nSPS) is 19.6. The van der Waals surface area contributed by atoms with E-state index in [0.717, 1.165) is 30.4 Å². The average Bonchev–Trinajstić information content (AvgIpc) is 2.56. The molecule has 1 aliphatic rings. The van der Waals surface area contributed by atoms with Crippen molar-refractivity contribution in [2.45, 2.75) is 75.9 Å². The molecule has 0 bridgehead atoms. The van der Waals surface area contributed by atoms with Crippen LogP contribution in [0.3, 0.4) is 0 Å². The van der Waals surface area contributed by atoms with Crippen LogP contribution in [-0.4, -0.2) is 32.1 Å². The molecule has 0 amide bonds. The van der Waals surface area contributed by atoms with Crippen molar-refractivity contribution in [3.63, 3.8) is 0 Å². The summed E-state index contributed by atoms with van der Waals surface area (Å²) in [6.07, 6.45) is 2.38. The van der Waals surface area contributed by atoms with E-state index < -0.39 is 10.0 Å². The van der Waals surface area contributed by atoms with Gasteiger partial charge in [-0.2, -0.15) is 0 Å². The van der Waals surface area contributed by atoms with E-state index in [1.165, 1.54) is 0 Å². The molecule has 2 aromatic rings. The summed E-state index contributed by atoms with van der Waals surface area (Å²) in [4.78, 5) is 0.307. The Morgan fingerprint density at radius 2 is 1.64 bits per heavy atom. The largest absolute Gasteiger partial charge is 0.493 e. The Bertz CT molecular complexity index is 935. The Hall–Kier alpha value is -1.63. The number of rotatable bonds is 6. The fourth-order valence-corrected chi connectivity index (χ4v) is 5.95. The summed E-state index contributed by atoms with van der Waals surface area (Å²) in [6.45, 7) is 11.1. The fourth-order valence-electron chi connectivity index (χ4n) is 4.50. The molecule has 1 saturated heterocycles. The molecule has 0 spiro atoms. The number of hydrogen-bond donors (Lipinski definition) is 2. The highest BCUT2D eigenvalue weighted by Crippen LogP contribution is 2.33. The van der Waals surface area contributed by atoms with Crippen molar-refractivity contribution in [1.82, 2.24) is 10.0 Å². The van der Waals surface area contributed by atoms with Crippen molar-refractivity contribution in [3.05, 3.63) is 36.4 Å². The maximum absolute atomic E-state index is 13.3. The van der Waals surface area contributed by atoms with Crippen LogP contribution < -0.4 is 14.8 Å². The van der Waals surface area contributed by atoms with Crippen LogP contribution in [0, 0.1) is 0 Å². The number of hydrogen-bond acceptors (Lipinski definition) is 4. The van der Waals surface area contributed by atoms with Crippen molar-refractivity contribution in [2.24, 2.45) is 0 Å². The maximum Gasteiger partial charge on any atom is 0.241 e. The summed E-state index contributed by atoms with van der Waals surface area (Å²) in [5, 5.41) is 5.11. The van der Waals surface area contributed by atoms with E-state index in [9.17, 15) is 8.42 Å². The van der Waals surface area contributed by atoms with Crippen LogP contribution in [0.5, 0.6) is 5.75 Å². The average molecular weight is 405 g/mol. The van der Waals surface area contributed by atoms with E-state index in [1.54, 1.807) is 12.1 Å². The minimum absolute atomic E-state index is 0.119. The van der Waals surface area contributed by atoms with Gasteiger partial charge < -0.3 is 10.1 Å². The van der Waals surface area contributed by atoms with Crippen LogP contribution in [0.4, 0.5) is 0 Å². The zero-order chi connectivity index (χ0) is 20.6. The second kappa shape index (κ2) is 7.65. The lowest BCUT2D eigenvalue weighted by Crippen LogP contribution is -2.62. The van der Waals surface area contributed by atoms with E-state index in [-0.39, 0.29) is 17.1 Å². The molecule has 28 heavy (non-hydrogen) atoms. The lowest BCUT2D eigenvalue weighted by molar-refractivity contribution is 0.157. The molecule has 1 fully saturated rings. The van der Waals surface area contributed by atoms with Gasteiger partial charge in [-0.15, -0.1) is 0 Å². The van der Waals surface area contributed by atoms with Crippen LogP contribution in [0.2, 0.25) is 0 Å². The van der Waals surface area contributed by atoms with Gasteiger partial charge in [-0.05, 0) is 59.1 Å². The molecule has 154 valence electrons. The predicted octanol–water partition coefficient (Wildman–Crippen LogP) is 4.22. The summed E-state index contributed by atoms with van der Waals surface area (Å²) in [5.74, 6) is 0.723. The van der Waals surface area contributed by atoms with Gasteiger partial charge >= 0.3 is 0 Å². The molecule has 6 heteroatoms. The second-order valence-electron chi connectivity index (χ2n) is 9.08. The maximum atomic E-state index is 13.3. The molecular formula is C22H32N2O3S. The third kappa shape index (κ3) is 4.67. The summed E-state index contributed by atoms with van der Waals surface area (Å²) >= 11 is 0. The van der Waals surface area contributed by atoms with Gasteiger partial charge in [0.25, 0.3) is 0 Å². The molecule has 0 unspecified atom stereocenters. The standard InChI is InChI=1S/C22H32N2O3S/c1-6-13-27-19-11-12-20(18-10-8-7-9-17(18)19)28(25,26)23-16-14-21(2,3)24-22(4,5)15-16/h7-12,16,23-24H,6,13-15H2,1-5H3. The number of fused-ring (bicyclic) bond motifs is 1. The minimum atomic E-state index is -3.66. The van der Waals surface area contributed by atoms with E-state index in [4.69, 9.17) is 4.74 Å². The van der Waals surface area contributed by atoms with Gasteiger partial charge in [0, 0.05) is 27.9 Å². The summed E-state index contributed by atoms with van der Waals surface area (Å²) < 4.78 is 35.4. The van der Waals surface area contributed by atoms with Crippen LogP contribution in [-0.2, 0) is 10.0 Å². The van der Waals surface area contributed by atoms with Gasteiger partial charge in [0.15, 0.2) is 0 Å². The van der Waals surface area contributed by atoms with Crippen LogP contribution >= 0.6 is 0 Å². The third-order valence-corrected chi connectivity index (χ3v) is 6.69. The summed E-state index contributed by atoms with van der Waals surface area (Å²) in [7, 11) is -3.66. The molecule has 3 rings (SSSR count). The van der Waals surface area contributed by atoms with Gasteiger partial charge in [-0.3, -0.25) is 0 Å². The molecular weight excluding hydrogens is 372 g/mol. The third-order valence-electron chi connectivity index (χ3n) is 5.11. The fraction of sp³-hybridized carbons (Fsp3) is 0.545. The lowest BCUT2D eigenvalue weighted by Gasteiger charge is -2.46. The summed E-state index contributed by atoms with van der Waals surface area (Å²) in [5.41, 5.74) is -0.260. The highest BCUT2D eigenvalue weighted by molar-refractivity contribution is 7.89. The Morgan fingerprint density at radius 1 is 1.04 bits per heavy atom. The van der Waals surface area contributed by atoms with Crippen LogP contribution in [0.15, 0.2) is 41.3 Å². The molecule has 1 heterocycles. The number of benzene rings is 2. The minimum Gasteiger partial charge on any atom is -0.493 e. The first-order valence-corrected chi connectivity index (χ1v) is 11.5. The highest BCUT2D eigenvalue weighted by Gasteiger charge is 2.39. The molecule has 0 radical (unpaired) electrons. The molecule has 2 N–H and O–H groups in total. The number of nitrogens with one attached hydrogen (secondary N) is 2. The second-order valence-corrected chi connectivity index (χ2v) is 10.8. The van der Waals surface area contributed by atoms with Crippen molar-refractivity contribution >= 4 is 20.8 Å². The lowest BCUT2D eigenvalue weighted by atomic mass is 9.80. The summed E-state index contributed by atoms with van der Waals surface area (Å²) in [6, 6.07) is 10.8. The topological polar surface area (TPSA) is 67.4 Å². The quantitative estimate of drug-likeness (QED) is 0.757. The Morgan fingerprint density at radius 3 is 2.25 bits per heavy atom. The Kier molecular flexibility index (Phi) is 5.76. The van der Waals surface area contributed by atoms with Gasteiger partial charge in [0.05, 0.1) is 11.5 Å². The first-order chi connectivity index (χ1) is 13.0. The molecule has 0 aliphatic carbocycles. The SMILES string of the molecule is CCCOc1ccc(S(=O)(=O)NC2CC(C)(C)NC(C)(C)C2)c2ccccc12. The first kappa shape index (κ1) is 21.1. The van der Waals surface area contributed by atoms with E-state index in [2.05, 4.69) is 37.7 Å². The molecule has 0 atom stereocenters. The van der Waals surface area contributed by atoms with Crippen LogP contribution in [0.25, 0.3) is 10.8 Å². The van der Waals surface area contributed by atoms with Gasteiger partial charge in [0.1, 0.15) is 5.75 Å². The zero-order valence-corrected chi connectivity index (χ0v) is 18.3. The van der Waals surface area contributed by atoms with Crippen molar-refractivity contribution in [1.29, 1.82) is 0 Å². The molecule has 1 aliphatic heterocycles. The monoisotopic (exact) mass is 404 g/mol. The van der Waals surface area contributed by atoms with Gasteiger partial charge in [-0.25, -0.2) is 13.1 Å². The molecule has 0 saturated carbocycles. The first-order valence-electron chi connectivity index (χ1n) is 9.99. The van der Waals surface area contributed by atoms with Crippen molar-refractivity contribution < 1.29 is 13.2 Å². The van der Waals surface area contributed by atoms with Gasteiger partial charge in [-0.1, -0.05) is 31.2 Å². The van der Waals surface area contributed by atoms with Gasteiger partial charge in [0.2, 0.25) is 10.0 Å². The van der Waals surface area contributed by atoms with Crippen LogP contribution in [0.1, 0.15) is 53.9 Å². The zero-order valence-electron chi connectivity index (χ0n) is 17.5. The van der Waals surface area contributed by atoms with E-state index in [0.29, 0.717) is 16.9 Å². The highest BCUT2D eigenvalue weighted by atomic mass is 32.2. The van der Waals surface area contributed by atoms with E-state index >= 15 is 0 Å². The smallest absolute Gasteiger partial charge is 0.241 e. The number of ether oxygens (including phenoxy) is 1.